The molecule has 1 heterocycles. The van der Waals surface area contributed by atoms with Gasteiger partial charge in [-0.1, -0.05) is 29.1 Å². The summed E-state index contributed by atoms with van der Waals surface area (Å²) in [5.41, 5.74) is 0.220. The summed E-state index contributed by atoms with van der Waals surface area (Å²) < 4.78 is 0. The van der Waals surface area contributed by atoms with E-state index in [0.717, 1.165) is 19.3 Å². The average Bonchev–Trinajstić information content (AvgIpc) is 2.97. The molecule has 1 amide bonds. The van der Waals surface area contributed by atoms with Crippen molar-refractivity contribution < 1.29 is 44.3 Å². The topological polar surface area (TPSA) is 85.0 Å². The fourth-order valence-corrected chi connectivity index (χ4v) is 6.77. The number of carboxylic acids is 1. The summed E-state index contributed by atoms with van der Waals surface area (Å²) in [5.74, 6) is 5.62. The Morgan fingerprint density at radius 1 is 1.10 bits per heavy atom. The normalized spacial score (nSPS) is 28.5. The summed E-state index contributed by atoms with van der Waals surface area (Å²) in [4.78, 5) is 26.9. The standard InChI is InChI=1S/C22H20Cl2N2O3.Na/c23-14-6-16(24)19-15(20(21(28)29)25-17(19)7-14)1-2-18(27)26-22-8-11-3-12(9-22)5-13(4-11)10-22;/h6-7,11-13,25H,3-5,8-10H2,(H,26,27)(H,28,29);/q;+1/p-1. The maximum absolute atomic E-state index is 12.7. The van der Waals surface area contributed by atoms with Crippen LogP contribution in [0.25, 0.3) is 10.9 Å². The number of aromatic amines is 1. The number of nitrogens with one attached hydrogen (secondary N) is 2. The number of aromatic carboxylic acids is 1. The van der Waals surface area contributed by atoms with Gasteiger partial charge in [-0.3, -0.25) is 4.79 Å². The van der Waals surface area contributed by atoms with Crippen molar-refractivity contribution in [2.45, 2.75) is 44.1 Å². The maximum Gasteiger partial charge on any atom is 1.00 e. The number of hydrogen-bond acceptors (Lipinski definition) is 3. The van der Waals surface area contributed by atoms with E-state index in [9.17, 15) is 14.7 Å². The van der Waals surface area contributed by atoms with Crippen molar-refractivity contribution >= 4 is 46.0 Å². The monoisotopic (exact) mass is 452 g/mol. The second-order valence-electron chi connectivity index (χ2n) is 8.87. The number of rotatable bonds is 2. The third kappa shape index (κ3) is 3.89. The van der Waals surface area contributed by atoms with Crippen molar-refractivity contribution in [1.82, 2.24) is 10.3 Å². The van der Waals surface area contributed by atoms with E-state index in [1.54, 1.807) is 6.07 Å². The molecule has 0 saturated heterocycles. The summed E-state index contributed by atoms with van der Waals surface area (Å²) in [6.45, 7) is 0. The molecule has 4 bridgehead atoms. The first-order valence-electron chi connectivity index (χ1n) is 9.88. The van der Waals surface area contributed by atoms with Crippen LogP contribution in [0.1, 0.15) is 54.6 Å². The van der Waals surface area contributed by atoms with Crippen LogP contribution in [0.4, 0.5) is 0 Å². The molecule has 8 heteroatoms. The van der Waals surface area contributed by atoms with Gasteiger partial charge in [0.15, 0.2) is 0 Å². The molecule has 4 fully saturated rings. The largest absolute Gasteiger partial charge is 1.00 e. The van der Waals surface area contributed by atoms with E-state index in [1.165, 1.54) is 25.3 Å². The molecule has 6 rings (SSSR count). The molecule has 4 aliphatic carbocycles. The predicted octanol–water partition coefficient (Wildman–Crippen LogP) is 0.279. The number of H-pyrrole nitrogens is 1. The Bertz CT molecular complexity index is 1080. The fourth-order valence-electron chi connectivity index (χ4n) is 6.18. The van der Waals surface area contributed by atoms with Gasteiger partial charge >= 0.3 is 29.6 Å². The molecule has 150 valence electrons. The molecule has 0 spiro atoms. The average molecular weight is 453 g/mol. The van der Waals surface area contributed by atoms with Gasteiger partial charge in [-0.05, 0) is 68.4 Å². The molecule has 0 radical (unpaired) electrons. The van der Waals surface area contributed by atoms with Crippen LogP contribution in [0.2, 0.25) is 10.0 Å². The minimum absolute atomic E-state index is 0. The third-order valence-electron chi connectivity index (χ3n) is 6.74. The summed E-state index contributed by atoms with van der Waals surface area (Å²) in [6.07, 6.45) is 6.92. The fraction of sp³-hybridized carbons (Fsp3) is 0.455. The zero-order chi connectivity index (χ0) is 20.3. The van der Waals surface area contributed by atoms with E-state index in [4.69, 9.17) is 23.2 Å². The quantitative estimate of drug-likeness (QED) is 0.506. The number of benzene rings is 1. The van der Waals surface area contributed by atoms with Crippen LogP contribution in [0.15, 0.2) is 12.1 Å². The van der Waals surface area contributed by atoms with Crippen molar-refractivity contribution in [3.05, 3.63) is 33.4 Å². The number of carbonyl (C=O) groups excluding carboxylic acids is 2. The number of aromatic nitrogens is 1. The van der Waals surface area contributed by atoms with E-state index >= 15 is 0 Å². The molecular weight excluding hydrogens is 434 g/mol. The molecule has 4 saturated carbocycles. The number of carboxylic acid groups (broad SMARTS) is 1. The smallest absolute Gasteiger partial charge is 0.543 e. The summed E-state index contributed by atoms with van der Waals surface area (Å²) >= 11 is 12.3. The van der Waals surface area contributed by atoms with Gasteiger partial charge in [0.25, 0.3) is 5.91 Å². The van der Waals surface area contributed by atoms with E-state index < -0.39 is 5.97 Å². The van der Waals surface area contributed by atoms with E-state index in [2.05, 4.69) is 22.1 Å². The molecule has 1 aromatic heterocycles. The molecular formula is C22H19Cl2N2NaO3. The molecule has 4 aliphatic rings. The first-order chi connectivity index (χ1) is 13.8. The molecule has 1 aromatic carbocycles. The Hall–Kier alpha value is -1.16. The van der Waals surface area contributed by atoms with Gasteiger partial charge in [0.05, 0.1) is 27.8 Å². The second-order valence-corrected chi connectivity index (χ2v) is 9.72. The van der Waals surface area contributed by atoms with E-state index in [0.29, 0.717) is 33.7 Å². The van der Waals surface area contributed by atoms with Crippen molar-refractivity contribution in [1.29, 1.82) is 0 Å². The SMILES string of the molecule is O=C(C#Cc1c(C(=O)[O-])[nH]c2cc(Cl)cc(Cl)c12)NC12CC3CC(CC(C3)C1)C2.[Na+]. The molecule has 30 heavy (non-hydrogen) atoms. The Kier molecular flexibility index (Phi) is 5.93. The first kappa shape index (κ1) is 22.0. The zero-order valence-electron chi connectivity index (χ0n) is 16.6. The summed E-state index contributed by atoms with van der Waals surface area (Å²) in [7, 11) is 0. The predicted molar refractivity (Wildman–Crippen MR) is 109 cm³/mol. The Labute approximate surface area is 206 Å². The minimum atomic E-state index is -1.42. The number of carbonyl (C=O) groups is 2. The van der Waals surface area contributed by atoms with Gasteiger partial charge in [0.2, 0.25) is 0 Å². The van der Waals surface area contributed by atoms with Gasteiger partial charge in [0, 0.05) is 21.9 Å². The summed E-state index contributed by atoms with van der Waals surface area (Å²) in [6, 6.07) is 3.08. The van der Waals surface area contributed by atoms with Crippen LogP contribution in [0, 0.1) is 29.6 Å². The second kappa shape index (κ2) is 8.07. The first-order valence-corrected chi connectivity index (χ1v) is 10.6. The Morgan fingerprint density at radius 3 is 2.27 bits per heavy atom. The zero-order valence-corrected chi connectivity index (χ0v) is 20.1. The van der Waals surface area contributed by atoms with Crippen LogP contribution in [0.3, 0.4) is 0 Å². The van der Waals surface area contributed by atoms with Crippen molar-refractivity contribution in [2.75, 3.05) is 0 Å². The number of amides is 1. The van der Waals surface area contributed by atoms with Crippen molar-refractivity contribution in [3.8, 4) is 11.8 Å². The Balaban J connectivity index is 0.00000218. The van der Waals surface area contributed by atoms with Crippen LogP contribution < -0.4 is 40.0 Å². The van der Waals surface area contributed by atoms with Gasteiger partial charge in [-0.2, -0.15) is 0 Å². The van der Waals surface area contributed by atoms with Gasteiger partial charge in [-0.15, -0.1) is 0 Å². The molecule has 0 aliphatic heterocycles. The third-order valence-corrected chi connectivity index (χ3v) is 7.25. The number of hydrogen-bond donors (Lipinski definition) is 2. The number of fused-ring (bicyclic) bond motifs is 1. The van der Waals surface area contributed by atoms with Crippen LogP contribution in [0.5, 0.6) is 0 Å². The van der Waals surface area contributed by atoms with Gasteiger partial charge in [0.1, 0.15) is 0 Å². The van der Waals surface area contributed by atoms with Crippen molar-refractivity contribution in [3.63, 3.8) is 0 Å². The number of halogens is 2. The van der Waals surface area contributed by atoms with Crippen molar-refractivity contribution in [2.24, 2.45) is 17.8 Å². The van der Waals surface area contributed by atoms with Crippen LogP contribution >= 0.6 is 23.2 Å². The molecule has 2 aromatic rings. The minimum Gasteiger partial charge on any atom is -0.543 e. The van der Waals surface area contributed by atoms with E-state index in [1.807, 2.05) is 0 Å². The van der Waals surface area contributed by atoms with Gasteiger partial charge in [-0.25, -0.2) is 0 Å². The summed E-state index contributed by atoms with van der Waals surface area (Å²) in [5, 5.41) is 15.8. The molecule has 0 unspecified atom stereocenters. The van der Waals surface area contributed by atoms with Crippen LogP contribution in [-0.2, 0) is 4.79 Å². The molecule has 0 atom stereocenters. The van der Waals surface area contributed by atoms with E-state index in [-0.39, 0.29) is 57.3 Å². The van der Waals surface area contributed by atoms with Gasteiger partial charge < -0.3 is 20.2 Å². The molecule has 5 nitrogen and oxygen atoms in total. The van der Waals surface area contributed by atoms with Crippen LogP contribution in [-0.4, -0.2) is 22.4 Å². The Morgan fingerprint density at radius 2 is 1.70 bits per heavy atom. The maximum atomic E-state index is 12.7. The molecule has 2 N–H and O–H groups in total.